The van der Waals surface area contributed by atoms with Gasteiger partial charge in [0.25, 0.3) is 0 Å². The Bertz CT molecular complexity index is 1100. The molecule has 0 bridgehead atoms. The number of nitrogens with two attached hydrogens (primary N) is 1. The van der Waals surface area contributed by atoms with Gasteiger partial charge in [-0.15, -0.1) is 0 Å². The van der Waals surface area contributed by atoms with Crippen molar-refractivity contribution in [3.8, 4) is 11.5 Å². The molecule has 1 aliphatic rings. The molecule has 8 heteroatoms. The lowest BCUT2D eigenvalue weighted by atomic mass is 9.81. The zero-order valence-electron chi connectivity index (χ0n) is 19.6. The summed E-state index contributed by atoms with van der Waals surface area (Å²) in [7, 11) is 0. The first-order valence-electron chi connectivity index (χ1n) is 12.0. The second-order valence-corrected chi connectivity index (χ2v) is 8.87. The van der Waals surface area contributed by atoms with Gasteiger partial charge in [-0.3, -0.25) is 9.59 Å². The van der Waals surface area contributed by atoms with Crippen LogP contribution in [0.5, 0.6) is 11.5 Å². The standard InChI is InChI=1S/C27H31N5O3/c28-17-19-9-11-21(12-10-19)26(33)31-24(27(34)32-25-13-14-29-18-30-25)16-20-5-4-8-23(15-20)35-22-6-2-1-3-7-22/h1-8,13-15,18-19,21,24H,9-12,16-17,28H2,(H,31,33)(H,29,30,32,34). The molecule has 0 radical (unpaired) electrons. The molecule has 8 nitrogen and oxygen atoms in total. The smallest absolute Gasteiger partial charge is 0.248 e. The van der Waals surface area contributed by atoms with Gasteiger partial charge in [-0.25, -0.2) is 9.97 Å². The van der Waals surface area contributed by atoms with Gasteiger partial charge in [0.1, 0.15) is 29.7 Å². The number of aromatic nitrogens is 2. The third kappa shape index (κ3) is 7.10. The summed E-state index contributed by atoms with van der Waals surface area (Å²) in [6.45, 7) is 0.652. The minimum Gasteiger partial charge on any atom is -0.457 e. The van der Waals surface area contributed by atoms with Gasteiger partial charge in [0.05, 0.1) is 0 Å². The van der Waals surface area contributed by atoms with Crippen LogP contribution < -0.4 is 21.1 Å². The van der Waals surface area contributed by atoms with E-state index in [0.717, 1.165) is 37.0 Å². The van der Waals surface area contributed by atoms with Gasteiger partial charge in [-0.05, 0) is 74.0 Å². The van der Waals surface area contributed by atoms with Crippen molar-refractivity contribution in [3.05, 3.63) is 78.8 Å². The lowest BCUT2D eigenvalue weighted by Crippen LogP contribution is -2.48. The Morgan fingerprint density at radius 2 is 1.77 bits per heavy atom. The Labute approximate surface area is 205 Å². The molecule has 3 aromatic rings. The maximum absolute atomic E-state index is 13.2. The van der Waals surface area contributed by atoms with Gasteiger partial charge in [0.2, 0.25) is 11.8 Å². The first-order chi connectivity index (χ1) is 17.1. The third-order valence-corrected chi connectivity index (χ3v) is 6.33. The van der Waals surface area contributed by atoms with Crippen LogP contribution >= 0.6 is 0 Å². The fraction of sp³-hybridized carbons (Fsp3) is 0.333. The van der Waals surface area contributed by atoms with Crippen LogP contribution in [0, 0.1) is 11.8 Å². The Hall–Kier alpha value is -3.78. The molecule has 35 heavy (non-hydrogen) atoms. The van der Waals surface area contributed by atoms with E-state index in [1.54, 1.807) is 12.3 Å². The Morgan fingerprint density at radius 1 is 1.00 bits per heavy atom. The number of carbonyl (C=O) groups is 2. The van der Waals surface area contributed by atoms with E-state index in [0.29, 0.717) is 30.5 Å². The molecule has 4 rings (SSSR count). The molecule has 1 fully saturated rings. The second-order valence-electron chi connectivity index (χ2n) is 8.87. The van der Waals surface area contributed by atoms with Crippen LogP contribution in [-0.4, -0.2) is 34.4 Å². The summed E-state index contributed by atoms with van der Waals surface area (Å²) in [6, 6.07) is 17.9. The molecule has 1 aromatic heterocycles. The first kappa shape index (κ1) is 24.3. The highest BCUT2D eigenvalue weighted by molar-refractivity contribution is 5.97. The van der Waals surface area contributed by atoms with E-state index in [-0.39, 0.29) is 17.7 Å². The number of nitrogens with zero attached hydrogens (tertiary/aromatic N) is 2. The number of rotatable bonds is 9. The zero-order valence-corrected chi connectivity index (χ0v) is 19.6. The van der Waals surface area contributed by atoms with E-state index in [1.807, 2.05) is 54.6 Å². The lowest BCUT2D eigenvalue weighted by Gasteiger charge is -2.28. The van der Waals surface area contributed by atoms with E-state index in [9.17, 15) is 9.59 Å². The van der Waals surface area contributed by atoms with Gasteiger partial charge < -0.3 is 21.1 Å². The number of benzene rings is 2. The summed E-state index contributed by atoms with van der Waals surface area (Å²) in [5.41, 5.74) is 6.66. The molecule has 4 N–H and O–H groups in total. The van der Waals surface area contributed by atoms with Crippen LogP contribution in [0.25, 0.3) is 0 Å². The molecule has 1 saturated carbocycles. The average Bonchev–Trinajstić information content (AvgIpc) is 2.89. The highest BCUT2D eigenvalue weighted by Crippen LogP contribution is 2.28. The zero-order chi connectivity index (χ0) is 24.5. The molecule has 0 spiro atoms. The molecule has 0 aliphatic heterocycles. The molecule has 2 amide bonds. The monoisotopic (exact) mass is 473 g/mol. The SMILES string of the molecule is NCC1CCC(C(=O)NC(Cc2cccc(Oc3ccccc3)c2)C(=O)Nc2ccncn2)CC1. The molecule has 1 aliphatic carbocycles. The third-order valence-electron chi connectivity index (χ3n) is 6.33. The van der Waals surface area contributed by atoms with E-state index in [2.05, 4.69) is 20.6 Å². The number of nitrogens with one attached hydrogen (secondary N) is 2. The number of hydrogen-bond donors (Lipinski definition) is 3. The minimum atomic E-state index is -0.767. The Kier molecular flexibility index (Phi) is 8.40. The van der Waals surface area contributed by atoms with Crippen molar-refractivity contribution in [1.29, 1.82) is 0 Å². The summed E-state index contributed by atoms with van der Waals surface area (Å²) in [5.74, 6) is 1.71. The maximum atomic E-state index is 13.2. The first-order valence-corrected chi connectivity index (χ1v) is 12.0. The van der Waals surface area contributed by atoms with E-state index in [1.165, 1.54) is 6.33 Å². The summed E-state index contributed by atoms with van der Waals surface area (Å²) in [6.07, 6.45) is 6.67. The molecule has 1 heterocycles. The molecular weight excluding hydrogens is 442 g/mol. The fourth-order valence-corrected chi connectivity index (χ4v) is 4.33. The van der Waals surface area contributed by atoms with Crippen molar-refractivity contribution in [2.75, 3.05) is 11.9 Å². The molecular formula is C27H31N5O3. The maximum Gasteiger partial charge on any atom is 0.248 e. The quantitative estimate of drug-likeness (QED) is 0.436. The van der Waals surface area contributed by atoms with Crippen molar-refractivity contribution < 1.29 is 14.3 Å². The van der Waals surface area contributed by atoms with Gasteiger partial charge in [0.15, 0.2) is 0 Å². The molecule has 1 unspecified atom stereocenters. The molecule has 2 aromatic carbocycles. The highest BCUT2D eigenvalue weighted by Gasteiger charge is 2.29. The summed E-state index contributed by atoms with van der Waals surface area (Å²) < 4.78 is 5.94. The van der Waals surface area contributed by atoms with Crippen LogP contribution in [0.1, 0.15) is 31.2 Å². The molecule has 0 saturated heterocycles. The average molecular weight is 474 g/mol. The van der Waals surface area contributed by atoms with Gasteiger partial charge in [-0.1, -0.05) is 30.3 Å². The predicted molar refractivity (Wildman–Crippen MR) is 134 cm³/mol. The number of amides is 2. The van der Waals surface area contributed by atoms with Crippen molar-refractivity contribution in [1.82, 2.24) is 15.3 Å². The molecule has 1 atom stereocenters. The van der Waals surface area contributed by atoms with Crippen LogP contribution in [0.3, 0.4) is 0 Å². The number of carbonyl (C=O) groups excluding carboxylic acids is 2. The summed E-state index contributed by atoms with van der Waals surface area (Å²) >= 11 is 0. The Balaban J connectivity index is 1.47. The number of anilines is 1. The van der Waals surface area contributed by atoms with Crippen LogP contribution in [0.4, 0.5) is 5.82 Å². The number of ether oxygens (including phenoxy) is 1. The second kappa shape index (κ2) is 12.1. The van der Waals surface area contributed by atoms with E-state index < -0.39 is 6.04 Å². The van der Waals surface area contributed by atoms with Crippen LogP contribution in [-0.2, 0) is 16.0 Å². The van der Waals surface area contributed by atoms with Crippen molar-refractivity contribution in [3.63, 3.8) is 0 Å². The topological polar surface area (TPSA) is 119 Å². The fourth-order valence-electron chi connectivity index (χ4n) is 4.33. The molecule has 182 valence electrons. The van der Waals surface area contributed by atoms with Crippen molar-refractivity contribution >= 4 is 17.6 Å². The van der Waals surface area contributed by atoms with Crippen LogP contribution in [0.15, 0.2) is 73.2 Å². The van der Waals surface area contributed by atoms with Gasteiger partial charge in [0, 0.05) is 18.5 Å². The largest absolute Gasteiger partial charge is 0.457 e. The number of para-hydroxylation sites is 1. The number of hydrogen-bond acceptors (Lipinski definition) is 6. The summed E-state index contributed by atoms with van der Waals surface area (Å²) in [4.78, 5) is 34.2. The highest BCUT2D eigenvalue weighted by atomic mass is 16.5. The normalized spacial score (nSPS) is 18.3. The minimum absolute atomic E-state index is 0.0972. The van der Waals surface area contributed by atoms with Gasteiger partial charge >= 0.3 is 0 Å². The Morgan fingerprint density at radius 3 is 2.49 bits per heavy atom. The predicted octanol–water partition coefficient (Wildman–Crippen LogP) is 3.70. The lowest BCUT2D eigenvalue weighted by molar-refractivity contribution is -0.130. The van der Waals surface area contributed by atoms with Gasteiger partial charge in [-0.2, -0.15) is 0 Å². The summed E-state index contributed by atoms with van der Waals surface area (Å²) in [5, 5.41) is 5.78. The van der Waals surface area contributed by atoms with Crippen molar-refractivity contribution in [2.45, 2.75) is 38.1 Å². The van der Waals surface area contributed by atoms with Crippen LogP contribution in [0.2, 0.25) is 0 Å². The van der Waals surface area contributed by atoms with E-state index in [4.69, 9.17) is 10.5 Å². The van der Waals surface area contributed by atoms with E-state index >= 15 is 0 Å². The van der Waals surface area contributed by atoms with Crippen molar-refractivity contribution in [2.24, 2.45) is 17.6 Å².